The zero-order valence-corrected chi connectivity index (χ0v) is 8.64. The topological polar surface area (TPSA) is 19.9 Å². The van der Waals surface area contributed by atoms with Gasteiger partial charge in [-0.1, -0.05) is 0 Å². The fourth-order valence-corrected chi connectivity index (χ4v) is 3.67. The van der Waals surface area contributed by atoms with E-state index in [1.165, 1.54) is 4.88 Å². The Morgan fingerprint density at radius 2 is 2.42 bits per heavy atom. The van der Waals surface area contributed by atoms with Crippen LogP contribution >= 0.6 is 22.0 Å². The van der Waals surface area contributed by atoms with Gasteiger partial charge >= 0.3 is 81.6 Å². The van der Waals surface area contributed by atoms with Gasteiger partial charge in [-0.25, -0.2) is 0 Å². The molecular formula is C8H7ClOS2. The third kappa shape index (κ3) is 1.42. The third-order valence-corrected chi connectivity index (χ3v) is 4.26. The molecular weight excluding hydrogens is 212 g/mol. The molecule has 0 amide bonds. The summed E-state index contributed by atoms with van der Waals surface area (Å²) < 4.78 is 11.0. The summed E-state index contributed by atoms with van der Waals surface area (Å²) in [6.45, 7) is 0. The molecule has 0 saturated heterocycles. The van der Waals surface area contributed by atoms with Gasteiger partial charge in [0.15, 0.2) is 0 Å². The molecule has 1 heterocycles. The number of hydrogen-bond donors (Lipinski definition) is 0. The van der Waals surface area contributed by atoms with Crippen LogP contribution in [0.15, 0.2) is 16.4 Å². The van der Waals surface area contributed by atoms with Crippen LogP contribution in [0.2, 0.25) is 0 Å². The fraction of sp³-hybridized carbons (Fsp3) is 0.250. The predicted molar refractivity (Wildman–Crippen MR) is 53.8 cm³/mol. The first kappa shape index (κ1) is 8.63. The first-order chi connectivity index (χ1) is 5.79. The quantitative estimate of drug-likeness (QED) is 0.471. The predicted octanol–water partition coefficient (Wildman–Crippen LogP) is 3.18. The van der Waals surface area contributed by atoms with Gasteiger partial charge in [-0.15, -0.1) is 0 Å². The molecule has 0 radical (unpaired) electrons. The summed E-state index contributed by atoms with van der Waals surface area (Å²) >= 11 is 1.65. The fourth-order valence-electron chi connectivity index (χ4n) is 1.30. The van der Waals surface area contributed by atoms with E-state index in [-0.39, 0.29) is 0 Å². The number of rotatable bonds is 0. The summed E-state index contributed by atoms with van der Waals surface area (Å²) in [5, 5.41) is 1.89. The Hall–Kier alpha value is 0.0400. The summed E-state index contributed by atoms with van der Waals surface area (Å²) in [5.74, 6) is 0. The van der Waals surface area contributed by atoms with Crippen molar-refractivity contribution in [1.29, 1.82) is 0 Å². The Balaban J connectivity index is 2.56. The SMILES string of the molecule is [O+]#[S-](Cl)c1csc2c1C=CCC2. The summed E-state index contributed by atoms with van der Waals surface area (Å²) in [5.41, 5.74) is 1.08. The van der Waals surface area contributed by atoms with Crippen molar-refractivity contribution in [2.24, 2.45) is 0 Å². The molecule has 12 heavy (non-hydrogen) atoms. The van der Waals surface area contributed by atoms with Gasteiger partial charge in [0.1, 0.15) is 0 Å². The molecule has 0 saturated carbocycles. The van der Waals surface area contributed by atoms with Crippen LogP contribution in [0.4, 0.5) is 0 Å². The second kappa shape index (κ2) is 3.42. The van der Waals surface area contributed by atoms with Crippen LogP contribution in [0, 0.1) is 0 Å². The maximum absolute atomic E-state index is 11.0. The Morgan fingerprint density at radius 3 is 3.17 bits per heavy atom. The third-order valence-electron chi connectivity index (χ3n) is 1.87. The van der Waals surface area contributed by atoms with E-state index in [1.54, 1.807) is 11.3 Å². The van der Waals surface area contributed by atoms with E-state index in [0.29, 0.717) is 0 Å². The summed E-state index contributed by atoms with van der Waals surface area (Å²) in [6.07, 6.45) is 6.26. The van der Waals surface area contributed by atoms with Gasteiger partial charge in [-0.05, 0) is 0 Å². The molecule has 1 aliphatic rings. The van der Waals surface area contributed by atoms with E-state index in [1.807, 2.05) is 11.5 Å². The van der Waals surface area contributed by atoms with Crippen molar-refractivity contribution in [1.82, 2.24) is 0 Å². The van der Waals surface area contributed by atoms with Crippen LogP contribution in [0.25, 0.3) is 6.08 Å². The molecule has 0 atom stereocenters. The number of aryl methyl sites for hydroxylation is 1. The molecule has 0 aromatic carbocycles. The Kier molecular flexibility index (Phi) is 2.46. The van der Waals surface area contributed by atoms with E-state index < -0.39 is 9.85 Å². The molecule has 1 aromatic heterocycles. The second-order valence-corrected chi connectivity index (χ2v) is 5.29. The van der Waals surface area contributed by atoms with Gasteiger partial charge in [0.25, 0.3) is 0 Å². The second-order valence-electron chi connectivity index (χ2n) is 2.60. The molecule has 0 spiro atoms. The van der Waals surface area contributed by atoms with Crippen LogP contribution in [0.1, 0.15) is 16.9 Å². The molecule has 0 unspecified atom stereocenters. The zero-order chi connectivity index (χ0) is 8.55. The van der Waals surface area contributed by atoms with E-state index in [0.717, 1.165) is 23.3 Å². The van der Waals surface area contributed by atoms with Crippen molar-refractivity contribution in [3.63, 3.8) is 0 Å². The van der Waals surface area contributed by atoms with Crippen LogP contribution < -0.4 is 0 Å². The summed E-state index contributed by atoms with van der Waals surface area (Å²) in [4.78, 5) is 2.08. The molecule has 1 aromatic rings. The molecule has 2 rings (SSSR count). The van der Waals surface area contributed by atoms with Gasteiger partial charge in [-0.3, -0.25) is 0 Å². The standard InChI is InChI=1S/C8H7ClOS2/c9-12(10)8-5-11-7-4-2-1-3-6(7)8/h1,3,5H,2,4H2. The first-order valence-corrected chi connectivity index (χ1v) is 6.49. The van der Waals surface area contributed by atoms with Gasteiger partial charge in [-0.2, -0.15) is 0 Å². The van der Waals surface area contributed by atoms with Crippen LogP contribution in [0.5, 0.6) is 0 Å². The molecule has 0 bridgehead atoms. The Labute approximate surface area is 81.7 Å². The van der Waals surface area contributed by atoms with Gasteiger partial charge in [0.2, 0.25) is 0 Å². The van der Waals surface area contributed by atoms with E-state index >= 15 is 0 Å². The molecule has 0 fully saturated rings. The van der Waals surface area contributed by atoms with Crippen molar-refractivity contribution in [2.45, 2.75) is 17.7 Å². The average molecular weight is 219 g/mol. The number of halogens is 1. The molecule has 4 heteroatoms. The number of hydrogen-bond acceptors (Lipinski definition) is 2. The number of allylic oxidation sites excluding steroid dienone is 1. The minimum absolute atomic E-state index is 0.771. The van der Waals surface area contributed by atoms with E-state index in [2.05, 4.69) is 6.08 Å². The van der Waals surface area contributed by atoms with Crippen molar-refractivity contribution in [2.75, 3.05) is 0 Å². The maximum atomic E-state index is 11.0. The first-order valence-electron chi connectivity index (χ1n) is 3.64. The Bertz CT molecular complexity index is 397. The van der Waals surface area contributed by atoms with E-state index in [9.17, 15) is 4.04 Å². The monoisotopic (exact) mass is 218 g/mol. The van der Waals surface area contributed by atoms with E-state index in [4.69, 9.17) is 10.7 Å². The molecule has 0 N–H and O–H groups in total. The summed E-state index contributed by atoms with van der Waals surface area (Å²) in [7, 11) is 4.17. The normalized spacial score (nSPS) is 15.1. The van der Waals surface area contributed by atoms with Gasteiger partial charge in [0.05, 0.1) is 0 Å². The van der Waals surface area contributed by atoms with Crippen molar-refractivity contribution < 1.29 is 4.04 Å². The molecule has 1 aliphatic carbocycles. The van der Waals surface area contributed by atoms with Gasteiger partial charge < -0.3 is 0 Å². The van der Waals surface area contributed by atoms with Crippen molar-refractivity contribution in [3.05, 3.63) is 21.9 Å². The van der Waals surface area contributed by atoms with Crippen LogP contribution in [-0.2, 0) is 20.3 Å². The molecule has 1 nitrogen and oxygen atoms in total. The van der Waals surface area contributed by atoms with Crippen LogP contribution in [-0.4, -0.2) is 0 Å². The Morgan fingerprint density at radius 1 is 1.58 bits per heavy atom. The van der Waals surface area contributed by atoms with Crippen molar-refractivity contribution >= 4 is 37.9 Å². The number of fused-ring (bicyclic) bond motifs is 1. The van der Waals surface area contributed by atoms with Gasteiger partial charge in [0, 0.05) is 0 Å². The average Bonchev–Trinajstić information content (AvgIpc) is 2.47. The number of thiophene rings is 1. The minimum atomic E-state index is -1.36. The van der Waals surface area contributed by atoms with Crippen molar-refractivity contribution in [3.8, 4) is 0 Å². The molecule has 0 aliphatic heterocycles. The summed E-state index contributed by atoms with van der Waals surface area (Å²) in [6, 6.07) is 0. The van der Waals surface area contributed by atoms with Crippen LogP contribution in [0.3, 0.4) is 0 Å². The molecule has 64 valence electrons. The zero-order valence-electron chi connectivity index (χ0n) is 6.25.